The molecular weight excluding hydrogens is 464 g/mol. The van der Waals surface area contributed by atoms with E-state index >= 15 is 0 Å². The zero-order valence-electron chi connectivity index (χ0n) is 20.5. The highest BCUT2D eigenvalue weighted by Crippen LogP contribution is 2.56. The predicted molar refractivity (Wildman–Crippen MR) is 142 cm³/mol. The van der Waals surface area contributed by atoms with Gasteiger partial charge in [0, 0.05) is 13.0 Å². The topological polar surface area (TPSA) is 68.2 Å². The zero-order valence-corrected chi connectivity index (χ0v) is 20.5. The van der Waals surface area contributed by atoms with Crippen molar-refractivity contribution in [2.45, 2.75) is 24.0 Å². The van der Waals surface area contributed by atoms with Crippen molar-refractivity contribution in [1.29, 1.82) is 0 Å². The minimum absolute atomic E-state index is 0.0417. The fraction of sp³-hybridized carbons (Fsp3) is 0.250. The van der Waals surface area contributed by atoms with E-state index in [0.717, 1.165) is 29.9 Å². The second kappa shape index (κ2) is 10.0. The number of aliphatic hydroxyl groups excluding tert-OH is 2. The number of hydrogen-bond acceptors (Lipinski definition) is 5. The van der Waals surface area contributed by atoms with Crippen LogP contribution in [0, 0.1) is 0 Å². The summed E-state index contributed by atoms with van der Waals surface area (Å²) in [5.74, 6) is 1.48. The first kappa shape index (κ1) is 23.7. The van der Waals surface area contributed by atoms with Crippen LogP contribution in [0.4, 0.5) is 0 Å². The third-order valence-corrected chi connectivity index (χ3v) is 7.41. The molecule has 2 atom stereocenters. The Balaban J connectivity index is 1.44. The fourth-order valence-corrected chi connectivity index (χ4v) is 5.48. The summed E-state index contributed by atoms with van der Waals surface area (Å²) < 4.78 is 17.2. The minimum atomic E-state index is -0.906. The Morgan fingerprint density at radius 2 is 1.27 bits per heavy atom. The summed E-state index contributed by atoms with van der Waals surface area (Å²) in [4.78, 5) is 0. The maximum atomic E-state index is 9.67. The van der Waals surface area contributed by atoms with Crippen LogP contribution < -0.4 is 9.47 Å². The highest BCUT2D eigenvalue weighted by molar-refractivity contribution is 5.86. The van der Waals surface area contributed by atoms with E-state index in [9.17, 15) is 5.11 Å². The van der Waals surface area contributed by atoms with Crippen molar-refractivity contribution in [3.63, 3.8) is 0 Å². The number of hydrogen-bond donors (Lipinski definition) is 2. The van der Waals surface area contributed by atoms with Crippen LogP contribution in [0.1, 0.15) is 28.7 Å². The Kier molecular flexibility index (Phi) is 6.43. The molecule has 0 saturated carbocycles. The Morgan fingerprint density at radius 1 is 0.757 bits per heavy atom. The quantitative estimate of drug-likeness (QED) is 0.304. The monoisotopic (exact) mass is 494 g/mol. The maximum Gasteiger partial charge on any atom is 0.119 e. The Morgan fingerprint density at radius 3 is 1.76 bits per heavy atom. The number of benzene rings is 4. The fourth-order valence-electron chi connectivity index (χ4n) is 5.48. The van der Waals surface area contributed by atoms with Crippen LogP contribution in [-0.2, 0) is 10.2 Å². The molecule has 2 aliphatic rings. The van der Waals surface area contributed by atoms with Crippen molar-refractivity contribution in [3.05, 3.63) is 119 Å². The molecule has 0 radical (unpaired) electrons. The van der Waals surface area contributed by atoms with Gasteiger partial charge in [-0.3, -0.25) is 0 Å². The lowest BCUT2D eigenvalue weighted by molar-refractivity contribution is -0.0720. The van der Waals surface area contributed by atoms with Gasteiger partial charge in [0.15, 0.2) is 0 Å². The first-order chi connectivity index (χ1) is 18.2. The molecule has 5 heteroatoms. The summed E-state index contributed by atoms with van der Waals surface area (Å²) in [7, 11) is 0. The Labute approximate surface area is 216 Å². The van der Waals surface area contributed by atoms with Gasteiger partial charge in [0.25, 0.3) is 0 Å². The Bertz CT molecular complexity index is 1260. The van der Waals surface area contributed by atoms with Gasteiger partial charge in [-0.15, -0.1) is 0 Å². The molecule has 0 amide bonds. The number of rotatable bonds is 9. The van der Waals surface area contributed by atoms with Gasteiger partial charge in [-0.25, -0.2) is 0 Å². The molecule has 37 heavy (non-hydrogen) atoms. The normalized spacial score (nSPS) is 17.8. The molecule has 188 valence electrons. The molecule has 2 N–H and O–H groups in total. The van der Waals surface area contributed by atoms with Crippen molar-refractivity contribution in [3.8, 4) is 22.6 Å². The average Bonchev–Trinajstić information content (AvgIpc) is 3.23. The lowest BCUT2D eigenvalue weighted by Gasteiger charge is -2.34. The minimum Gasteiger partial charge on any atom is -0.491 e. The molecule has 1 fully saturated rings. The van der Waals surface area contributed by atoms with Gasteiger partial charge in [0.2, 0.25) is 0 Å². The van der Waals surface area contributed by atoms with Crippen LogP contribution in [0.3, 0.4) is 0 Å². The van der Waals surface area contributed by atoms with Crippen molar-refractivity contribution in [2.24, 2.45) is 0 Å². The van der Waals surface area contributed by atoms with Gasteiger partial charge in [0.05, 0.1) is 18.1 Å². The standard InChI is InChI=1S/C32H30O5/c33-19-24(34)20-36-25-13-9-22(10-14-25)32(23-11-15-26(16-12-23)37-21-27-17-18-35-27)30-7-3-1-5-28(30)29-6-2-4-8-31(29)32/h1-16,24,27,33-34H,17-21H2. The van der Waals surface area contributed by atoms with Gasteiger partial charge in [0.1, 0.15) is 30.8 Å². The van der Waals surface area contributed by atoms with Crippen molar-refractivity contribution in [2.75, 3.05) is 26.4 Å². The van der Waals surface area contributed by atoms with E-state index in [4.69, 9.17) is 19.3 Å². The molecule has 4 aromatic rings. The van der Waals surface area contributed by atoms with Crippen LogP contribution in [0.25, 0.3) is 11.1 Å². The lowest BCUT2D eigenvalue weighted by Crippen LogP contribution is -2.32. The van der Waals surface area contributed by atoms with Crippen molar-refractivity contribution in [1.82, 2.24) is 0 Å². The molecule has 0 bridgehead atoms. The zero-order chi connectivity index (χ0) is 25.2. The number of ether oxygens (including phenoxy) is 3. The molecule has 4 aromatic carbocycles. The van der Waals surface area contributed by atoms with E-state index < -0.39 is 11.5 Å². The predicted octanol–water partition coefficient (Wildman–Crippen LogP) is 4.95. The third kappa shape index (κ3) is 4.19. The second-order valence-electron chi connectivity index (χ2n) is 9.63. The first-order valence-corrected chi connectivity index (χ1v) is 12.8. The largest absolute Gasteiger partial charge is 0.491 e. The van der Waals surface area contributed by atoms with E-state index in [0.29, 0.717) is 12.4 Å². The number of fused-ring (bicyclic) bond motifs is 3. The summed E-state index contributed by atoms with van der Waals surface area (Å²) in [5.41, 5.74) is 6.69. The van der Waals surface area contributed by atoms with Crippen LogP contribution in [0.2, 0.25) is 0 Å². The van der Waals surface area contributed by atoms with Gasteiger partial charge in [-0.05, 0) is 57.6 Å². The molecule has 1 aliphatic carbocycles. The molecule has 0 spiro atoms. The molecule has 6 rings (SSSR count). The molecule has 0 aromatic heterocycles. The van der Waals surface area contributed by atoms with E-state index in [1.54, 1.807) is 0 Å². The van der Waals surface area contributed by atoms with Crippen LogP contribution in [0.5, 0.6) is 11.5 Å². The summed E-state index contributed by atoms with van der Waals surface area (Å²) >= 11 is 0. The summed E-state index contributed by atoms with van der Waals surface area (Å²) in [6, 6.07) is 33.7. The molecule has 5 nitrogen and oxygen atoms in total. The average molecular weight is 495 g/mol. The summed E-state index contributed by atoms with van der Waals surface area (Å²) in [6.45, 7) is 1.10. The number of aliphatic hydroxyl groups is 2. The van der Waals surface area contributed by atoms with Gasteiger partial charge < -0.3 is 24.4 Å². The van der Waals surface area contributed by atoms with Crippen LogP contribution >= 0.6 is 0 Å². The van der Waals surface area contributed by atoms with Gasteiger partial charge >= 0.3 is 0 Å². The van der Waals surface area contributed by atoms with Crippen molar-refractivity contribution >= 4 is 0 Å². The second-order valence-corrected chi connectivity index (χ2v) is 9.63. The molecule has 1 aliphatic heterocycles. The first-order valence-electron chi connectivity index (χ1n) is 12.8. The smallest absolute Gasteiger partial charge is 0.119 e. The summed E-state index contributed by atoms with van der Waals surface area (Å²) in [6.07, 6.45) is 0.336. The van der Waals surface area contributed by atoms with E-state index in [1.165, 1.54) is 22.3 Å². The Hall–Kier alpha value is -3.64. The van der Waals surface area contributed by atoms with Crippen LogP contribution in [0.15, 0.2) is 97.1 Å². The molecule has 1 saturated heterocycles. The van der Waals surface area contributed by atoms with E-state index in [2.05, 4.69) is 72.8 Å². The molecule has 1 heterocycles. The third-order valence-electron chi connectivity index (χ3n) is 7.41. The molecular formula is C32H30O5. The van der Waals surface area contributed by atoms with E-state index in [1.807, 2.05) is 24.3 Å². The van der Waals surface area contributed by atoms with Crippen LogP contribution in [-0.4, -0.2) is 48.8 Å². The SMILES string of the molecule is OCC(O)COc1ccc(C2(c3ccc(OCC4CCO4)cc3)c3ccccc3-c3ccccc32)cc1. The van der Waals surface area contributed by atoms with E-state index in [-0.39, 0.29) is 19.3 Å². The summed E-state index contributed by atoms with van der Waals surface area (Å²) in [5, 5.41) is 18.8. The highest BCUT2D eigenvalue weighted by atomic mass is 16.5. The molecule has 2 unspecified atom stereocenters. The van der Waals surface area contributed by atoms with Gasteiger partial charge in [-0.2, -0.15) is 0 Å². The van der Waals surface area contributed by atoms with Gasteiger partial charge in [-0.1, -0.05) is 72.8 Å². The lowest BCUT2D eigenvalue weighted by atomic mass is 9.68. The maximum absolute atomic E-state index is 9.67. The highest BCUT2D eigenvalue weighted by Gasteiger charge is 2.45. The van der Waals surface area contributed by atoms with Crippen molar-refractivity contribution < 1.29 is 24.4 Å².